The van der Waals surface area contributed by atoms with E-state index >= 15 is 0 Å². The van der Waals surface area contributed by atoms with Gasteiger partial charge in [-0.1, -0.05) is 0 Å². The van der Waals surface area contributed by atoms with Gasteiger partial charge in [-0.3, -0.25) is 11.7 Å². The molecular weight excluding hydrogens is 184 g/mol. The van der Waals surface area contributed by atoms with Crippen molar-refractivity contribution in [2.45, 2.75) is 13.0 Å². The maximum absolute atomic E-state index is 9.83. The zero-order valence-corrected chi connectivity index (χ0v) is 6.97. The van der Waals surface area contributed by atoms with Crippen LogP contribution in [-0.2, 0) is 9.47 Å². The second-order valence-electron chi connectivity index (χ2n) is 1.77. The molecule has 0 rings (SSSR count). The van der Waals surface area contributed by atoms with E-state index < -0.39 is 18.4 Å². The van der Waals surface area contributed by atoms with Crippen molar-refractivity contribution in [1.29, 1.82) is 0 Å². The van der Waals surface area contributed by atoms with Gasteiger partial charge in [-0.05, 0) is 6.92 Å². The van der Waals surface area contributed by atoms with Crippen LogP contribution in [0, 0.1) is 0 Å². The van der Waals surface area contributed by atoms with Crippen LogP contribution in [0.1, 0.15) is 6.92 Å². The van der Waals surface area contributed by atoms with E-state index in [0.29, 0.717) is 0 Å². The van der Waals surface area contributed by atoms with E-state index in [4.69, 9.17) is 10.2 Å². The SMILES string of the molecule is CC(COC(=O)O)OC(=O)O.NN. The number of carbonyl (C=O) groups is 2. The highest BCUT2D eigenvalue weighted by molar-refractivity contribution is 5.58. The summed E-state index contributed by atoms with van der Waals surface area (Å²) >= 11 is 0. The van der Waals surface area contributed by atoms with Crippen LogP contribution in [0.15, 0.2) is 0 Å². The summed E-state index contributed by atoms with van der Waals surface area (Å²) in [6.07, 6.45) is -3.68. The summed E-state index contributed by atoms with van der Waals surface area (Å²) in [5.74, 6) is 8.00. The third-order valence-corrected chi connectivity index (χ3v) is 0.744. The van der Waals surface area contributed by atoms with Crippen LogP contribution in [0.4, 0.5) is 9.59 Å². The lowest BCUT2D eigenvalue weighted by Crippen LogP contribution is -2.20. The number of hydrazine groups is 1. The second kappa shape index (κ2) is 8.56. The van der Waals surface area contributed by atoms with Gasteiger partial charge in [0.2, 0.25) is 0 Å². The fraction of sp³-hybridized carbons (Fsp3) is 0.600. The molecule has 0 saturated carbocycles. The van der Waals surface area contributed by atoms with Gasteiger partial charge in [-0.15, -0.1) is 0 Å². The minimum atomic E-state index is -1.45. The summed E-state index contributed by atoms with van der Waals surface area (Å²) in [7, 11) is 0. The molecule has 1 unspecified atom stereocenters. The van der Waals surface area contributed by atoms with Crippen LogP contribution in [0.2, 0.25) is 0 Å². The first kappa shape index (κ1) is 14.0. The van der Waals surface area contributed by atoms with E-state index in [9.17, 15) is 9.59 Å². The Morgan fingerprint density at radius 3 is 2.08 bits per heavy atom. The second-order valence-corrected chi connectivity index (χ2v) is 1.77. The van der Waals surface area contributed by atoms with Crippen LogP contribution in [0.5, 0.6) is 0 Å². The fourth-order valence-corrected chi connectivity index (χ4v) is 0.395. The third kappa shape index (κ3) is 13.5. The van der Waals surface area contributed by atoms with E-state index in [0.717, 1.165) is 0 Å². The van der Waals surface area contributed by atoms with E-state index in [2.05, 4.69) is 21.2 Å². The highest BCUT2D eigenvalue weighted by atomic mass is 16.7. The number of nitrogens with two attached hydrogens (primary N) is 2. The quantitative estimate of drug-likeness (QED) is 0.270. The Hall–Kier alpha value is -1.54. The molecule has 8 heteroatoms. The zero-order valence-electron chi connectivity index (χ0n) is 6.97. The molecule has 0 aliphatic heterocycles. The Kier molecular flexibility index (Phi) is 9.22. The number of hydrogen-bond donors (Lipinski definition) is 4. The van der Waals surface area contributed by atoms with E-state index in [1.54, 1.807) is 0 Å². The molecule has 0 heterocycles. The summed E-state index contributed by atoms with van der Waals surface area (Å²) in [5.41, 5.74) is 0. The summed E-state index contributed by atoms with van der Waals surface area (Å²) in [6, 6.07) is 0. The van der Waals surface area contributed by atoms with Gasteiger partial charge in [0.05, 0.1) is 0 Å². The highest BCUT2D eigenvalue weighted by Crippen LogP contribution is 1.92. The molecule has 13 heavy (non-hydrogen) atoms. The van der Waals surface area contributed by atoms with Crippen LogP contribution in [-0.4, -0.2) is 35.2 Å². The summed E-state index contributed by atoms with van der Waals surface area (Å²) in [4.78, 5) is 19.6. The first-order valence-corrected chi connectivity index (χ1v) is 3.11. The topological polar surface area (TPSA) is 145 Å². The van der Waals surface area contributed by atoms with Gasteiger partial charge in [0.1, 0.15) is 12.7 Å². The largest absolute Gasteiger partial charge is 0.506 e. The molecule has 6 N–H and O–H groups in total. The van der Waals surface area contributed by atoms with Gasteiger partial charge in [0.25, 0.3) is 0 Å². The van der Waals surface area contributed by atoms with E-state index in [1.807, 2.05) is 0 Å². The summed E-state index contributed by atoms with van der Waals surface area (Å²) < 4.78 is 8.16. The van der Waals surface area contributed by atoms with Crippen LogP contribution >= 0.6 is 0 Å². The lowest BCUT2D eigenvalue weighted by Gasteiger charge is -2.08. The molecule has 1 atom stereocenters. The predicted molar refractivity (Wildman–Crippen MR) is 40.9 cm³/mol. The molecule has 0 amide bonds. The summed E-state index contributed by atoms with van der Waals surface area (Å²) in [5, 5.41) is 16.0. The van der Waals surface area contributed by atoms with Crippen LogP contribution in [0.25, 0.3) is 0 Å². The number of ether oxygens (including phenoxy) is 2. The van der Waals surface area contributed by atoms with Crippen molar-refractivity contribution in [2.75, 3.05) is 6.61 Å². The van der Waals surface area contributed by atoms with E-state index in [1.165, 1.54) is 6.92 Å². The molecular formula is C5H12N2O6. The van der Waals surface area contributed by atoms with Crippen molar-refractivity contribution in [3.8, 4) is 0 Å². The molecule has 0 fully saturated rings. The van der Waals surface area contributed by atoms with Gasteiger partial charge in [-0.25, -0.2) is 9.59 Å². The average Bonchev–Trinajstić information content (AvgIpc) is 2.03. The molecule has 0 spiro atoms. The van der Waals surface area contributed by atoms with Crippen molar-refractivity contribution in [3.63, 3.8) is 0 Å². The van der Waals surface area contributed by atoms with Crippen molar-refractivity contribution >= 4 is 12.3 Å². The van der Waals surface area contributed by atoms with Gasteiger partial charge < -0.3 is 19.7 Å². The van der Waals surface area contributed by atoms with Crippen molar-refractivity contribution in [2.24, 2.45) is 11.7 Å². The Morgan fingerprint density at radius 2 is 1.77 bits per heavy atom. The van der Waals surface area contributed by atoms with Crippen molar-refractivity contribution < 1.29 is 29.3 Å². The minimum absolute atomic E-state index is 0.290. The predicted octanol–water partition coefficient (Wildman–Crippen LogP) is -0.417. The molecule has 0 saturated heterocycles. The minimum Gasteiger partial charge on any atom is -0.450 e. The average molecular weight is 196 g/mol. The Labute approximate surface area is 74.0 Å². The van der Waals surface area contributed by atoms with Gasteiger partial charge >= 0.3 is 12.3 Å². The van der Waals surface area contributed by atoms with Crippen LogP contribution in [0.3, 0.4) is 0 Å². The van der Waals surface area contributed by atoms with Crippen LogP contribution < -0.4 is 11.7 Å². The lowest BCUT2D eigenvalue weighted by molar-refractivity contribution is 0.0122. The fourth-order valence-electron chi connectivity index (χ4n) is 0.395. The Morgan fingerprint density at radius 1 is 1.31 bits per heavy atom. The molecule has 0 aromatic rings. The highest BCUT2D eigenvalue weighted by Gasteiger charge is 2.09. The lowest BCUT2D eigenvalue weighted by atomic mass is 10.4. The first-order valence-electron chi connectivity index (χ1n) is 3.11. The number of rotatable bonds is 3. The van der Waals surface area contributed by atoms with Crippen molar-refractivity contribution in [1.82, 2.24) is 0 Å². The summed E-state index contributed by atoms with van der Waals surface area (Å²) in [6.45, 7) is 1.10. The smallest absolute Gasteiger partial charge is 0.450 e. The Bertz CT molecular complexity index is 161. The molecule has 0 aromatic carbocycles. The van der Waals surface area contributed by atoms with Crippen molar-refractivity contribution in [3.05, 3.63) is 0 Å². The molecule has 0 radical (unpaired) electrons. The van der Waals surface area contributed by atoms with E-state index in [-0.39, 0.29) is 6.61 Å². The maximum Gasteiger partial charge on any atom is 0.506 e. The van der Waals surface area contributed by atoms with Gasteiger partial charge in [-0.2, -0.15) is 0 Å². The standard InChI is InChI=1S/C5H8O6.H4N2/c1-3(11-5(8)9)2-10-4(6)7;1-2/h3H,2H2,1H3,(H,6,7)(H,8,9);1-2H2. The normalized spacial score (nSPS) is 10.4. The number of hydrogen-bond acceptors (Lipinski definition) is 6. The zero-order chi connectivity index (χ0) is 10.9. The molecule has 0 aromatic heterocycles. The molecule has 8 nitrogen and oxygen atoms in total. The molecule has 78 valence electrons. The molecule has 0 aliphatic rings. The third-order valence-electron chi connectivity index (χ3n) is 0.744. The number of carboxylic acid groups (broad SMARTS) is 2. The van der Waals surface area contributed by atoms with Gasteiger partial charge in [0, 0.05) is 0 Å². The first-order chi connectivity index (χ1) is 6.02. The molecule has 0 aliphatic carbocycles. The van der Waals surface area contributed by atoms with Gasteiger partial charge in [0.15, 0.2) is 0 Å². The monoisotopic (exact) mass is 196 g/mol. The maximum atomic E-state index is 9.83. The Balaban J connectivity index is 0. The molecule has 0 bridgehead atoms.